The van der Waals surface area contributed by atoms with Gasteiger partial charge in [-0.1, -0.05) is 12.2 Å². The van der Waals surface area contributed by atoms with E-state index in [9.17, 15) is 4.79 Å². The van der Waals surface area contributed by atoms with Gasteiger partial charge in [0.15, 0.2) is 0 Å². The fourth-order valence-corrected chi connectivity index (χ4v) is 4.44. The molecule has 0 N–H and O–H groups in total. The Hall–Kier alpha value is -3.45. The minimum Gasteiger partial charge on any atom is -0.370 e. The molecule has 1 saturated heterocycles. The molecule has 5 rings (SSSR count). The third-order valence-electron chi connectivity index (χ3n) is 6.35. The Morgan fingerprint density at radius 3 is 2.66 bits per heavy atom. The standard InChI is InChI=1S/C25H28N6O/c1-18-16-31-23(15-26-18)14-24(27-31)19-5-4-6-21-7-8-22(17-30(21)25(32)13-19)29-11-9-20(10-12-29)28(2)3/h4-8,13-17,20H,9-12H2,1-3H3/b5-4+,19-13+,21-6+. The molecule has 7 heteroatoms. The van der Waals surface area contributed by atoms with Crippen molar-refractivity contribution in [2.45, 2.75) is 25.8 Å². The number of allylic oxidation sites excluding steroid dienone is 6. The van der Waals surface area contributed by atoms with Crippen LogP contribution in [0.4, 0.5) is 0 Å². The topological polar surface area (TPSA) is 57.0 Å². The van der Waals surface area contributed by atoms with E-state index in [1.165, 1.54) is 0 Å². The van der Waals surface area contributed by atoms with E-state index in [2.05, 4.69) is 40.1 Å². The maximum atomic E-state index is 13.2. The summed E-state index contributed by atoms with van der Waals surface area (Å²) in [7, 11) is 4.29. The molecule has 3 aliphatic heterocycles. The van der Waals surface area contributed by atoms with Crippen LogP contribution in [0.15, 0.2) is 72.5 Å². The lowest BCUT2D eigenvalue weighted by Crippen LogP contribution is -2.42. The van der Waals surface area contributed by atoms with Gasteiger partial charge in [0.1, 0.15) is 0 Å². The number of carbonyl (C=O) groups excluding carboxylic acids is 1. The molecule has 0 saturated carbocycles. The Balaban J connectivity index is 1.41. The highest BCUT2D eigenvalue weighted by atomic mass is 16.2. The Kier molecular flexibility index (Phi) is 5.27. The molecule has 1 fully saturated rings. The first-order chi connectivity index (χ1) is 15.5. The van der Waals surface area contributed by atoms with Gasteiger partial charge in [-0.05, 0) is 58.2 Å². The molecule has 5 heterocycles. The van der Waals surface area contributed by atoms with Crippen LogP contribution in [0.2, 0.25) is 0 Å². The van der Waals surface area contributed by atoms with E-state index in [0.717, 1.165) is 59.8 Å². The minimum absolute atomic E-state index is 0.0769. The van der Waals surface area contributed by atoms with Crippen molar-refractivity contribution >= 4 is 17.0 Å². The molecule has 0 spiro atoms. The average molecular weight is 429 g/mol. The Labute approximate surface area is 188 Å². The van der Waals surface area contributed by atoms with Crippen LogP contribution in [0.3, 0.4) is 0 Å². The number of aromatic nitrogens is 3. The Morgan fingerprint density at radius 2 is 1.88 bits per heavy atom. The first-order valence-corrected chi connectivity index (χ1v) is 11.0. The molecule has 3 aliphatic rings. The van der Waals surface area contributed by atoms with E-state index >= 15 is 0 Å². The van der Waals surface area contributed by atoms with Crippen LogP contribution in [0.1, 0.15) is 24.2 Å². The second-order valence-corrected chi connectivity index (χ2v) is 8.76. The second-order valence-electron chi connectivity index (χ2n) is 8.76. The Bertz CT molecular complexity index is 1200. The van der Waals surface area contributed by atoms with Crippen molar-refractivity contribution in [2.75, 3.05) is 27.2 Å². The van der Waals surface area contributed by atoms with Crippen molar-refractivity contribution in [2.24, 2.45) is 0 Å². The zero-order valence-electron chi connectivity index (χ0n) is 18.8. The van der Waals surface area contributed by atoms with E-state index < -0.39 is 0 Å². The van der Waals surface area contributed by atoms with Gasteiger partial charge in [0.25, 0.3) is 5.91 Å². The molecule has 2 aromatic rings. The van der Waals surface area contributed by atoms with Gasteiger partial charge in [-0.15, -0.1) is 0 Å². The van der Waals surface area contributed by atoms with Gasteiger partial charge < -0.3 is 9.80 Å². The number of piperidine rings is 1. The van der Waals surface area contributed by atoms with E-state index in [1.54, 1.807) is 21.7 Å². The normalized spacial score (nSPS) is 23.9. The summed E-state index contributed by atoms with van der Waals surface area (Å²) in [5.74, 6) is -0.0769. The minimum atomic E-state index is -0.0769. The zero-order valence-corrected chi connectivity index (χ0v) is 18.8. The summed E-state index contributed by atoms with van der Waals surface area (Å²) in [5.41, 5.74) is 5.27. The summed E-state index contributed by atoms with van der Waals surface area (Å²) >= 11 is 0. The van der Waals surface area contributed by atoms with Crippen LogP contribution < -0.4 is 0 Å². The van der Waals surface area contributed by atoms with Crippen LogP contribution in [0, 0.1) is 6.92 Å². The number of carbonyl (C=O) groups is 1. The predicted octanol–water partition coefficient (Wildman–Crippen LogP) is 3.14. The van der Waals surface area contributed by atoms with Crippen molar-refractivity contribution in [1.82, 2.24) is 29.3 Å². The smallest absolute Gasteiger partial charge is 0.255 e. The summed E-state index contributed by atoms with van der Waals surface area (Å²) in [5, 5.41) is 4.64. The zero-order chi connectivity index (χ0) is 22.2. The number of hydrogen-bond donors (Lipinski definition) is 0. The third-order valence-corrected chi connectivity index (χ3v) is 6.35. The Morgan fingerprint density at radius 1 is 1.09 bits per heavy atom. The van der Waals surface area contributed by atoms with Gasteiger partial charge in [-0.25, -0.2) is 4.52 Å². The lowest BCUT2D eigenvalue weighted by molar-refractivity contribution is -0.122. The van der Waals surface area contributed by atoms with Crippen molar-refractivity contribution in [3.8, 4) is 0 Å². The van der Waals surface area contributed by atoms with E-state index in [4.69, 9.17) is 0 Å². The molecule has 0 unspecified atom stereocenters. The van der Waals surface area contributed by atoms with E-state index in [-0.39, 0.29) is 5.91 Å². The maximum absolute atomic E-state index is 13.2. The molecule has 1 amide bonds. The summed E-state index contributed by atoms with van der Waals surface area (Å²) in [6.07, 6.45) is 19.6. The first kappa shape index (κ1) is 20.5. The van der Waals surface area contributed by atoms with Gasteiger partial charge >= 0.3 is 0 Å². The van der Waals surface area contributed by atoms with Crippen molar-refractivity contribution in [3.05, 3.63) is 83.9 Å². The van der Waals surface area contributed by atoms with E-state index in [1.807, 2.05) is 49.7 Å². The number of likely N-dealkylation sites (tertiary alicyclic amines) is 1. The average Bonchev–Trinajstić information content (AvgIpc) is 3.20. The molecule has 7 nitrogen and oxygen atoms in total. The highest BCUT2D eigenvalue weighted by Crippen LogP contribution is 2.27. The lowest BCUT2D eigenvalue weighted by Gasteiger charge is -2.38. The maximum Gasteiger partial charge on any atom is 0.255 e. The number of rotatable bonds is 3. The number of amides is 1. The van der Waals surface area contributed by atoms with Gasteiger partial charge in [0, 0.05) is 42.7 Å². The predicted molar refractivity (Wildman–Crippen MR) is 125 cm³/mol. The third kappa shape index (κ3) is 3.91. The summed E-state index contributed by atoms with van der Waals surface area (Å²) in [6, 6.07) is 2.58. The summed E-state index contributed by atoms with van der Waals surface area (Å²) in [6.45, 7) is 3.92. The molecule has 0 bridgehead atoms. The fourth-order valence-electron chi connectivity index (χ4n) is 4.44. The van der Waals surface area contributed by atoms with Gasteiger partial charge in [-0.2, -0.15) is 5.10 Å². The monoisotopic (exact) mass is 428 g/mol. The number of aryl methyl sites for hydroxylation is 1. The van der Waals surface area contributed by atoms with Crippen molar-refractivity contribution in [1.29, 1.82) is 0 Å². The molecule has 0 radical (unpaired) electrons. The van der Waals surface area contributed by atoms with Crippen LogP contribution in [0.25, 0.3) is 11.1 Å². The lowest BCUT2D eigenvalue weighted by atomic mass is 10.0. The summed E-state index contributed by atoms with van der Waals surface area (Å²) < 4.78 is 1.80. The molecular weight excluding hydrogens is 400 g/mol. The van der Waals surface area contributed by atoms with Gasteiger partial charge in [0.2, 0.25) is 0 Å². The molecular formula is C25H28N6O. The second kappa shape index (κ2) is 8.24. The highest BCUT2D eigenvalue weighted by Gasteiger charge is 2.25. The van der Waals surface area contributed by atoms with Crippen LogP contribution in [-0.2, 0) is 4.79 Å². The van der Waals surface area contributed by atoms with Crippen molar-refractivity contribution in [3.63, 3.8) is 0 Å². The molecule has 0 aromatic carbocycles. The molecule has 0 aliphatic carbocycles. The first-order valence-electron chi connectivity index (χ1n) is 11.0. The van der Waals surface area contributed by atoms with Crippen molar-refractivity contribution < 1.29 is 4.79 Å². The van der Waals surface area contributed by atoms with Gasteiger partial charge in [-0.3, -0.25) is 14.7 Å². The van der Waals surface area contributed by atoms with Crippen LogP contribution in [0.5, 0.6) is 0 Å². The molecule has 164 valence electrons. The van der Waals surface area contributed by atoms with Crippen LogP contribution in [-0.4, -0.2) is 68.4 Å². The number of hydrogen-bond acceptors (Lipinski definition) is 5. The fraction of sp³-hybridized carbons (Fsp3) is 0.320. The largest absolute Gasteiger partial charge is 0.370 e. The highest BCUT2D eigenvalue weighted by molar-refractivity contribution is 5.99. The molecule has 0 atom stereocenters. The number of fused-ring (bicyclic) bond motifs is 2. The number of nitrogens with zero attached hydrogens (tertiary/aromatic N) is 6. The van der Waals surface area contributed by atoms with E-state index in [0.29, 0.717) is 6.04 Å². The van der Waals surface area contributed by atoms with Gasteiger partial charge in [0.05, 0.1) is 35.0 Å². The molecule has 2 aromatic heterocycles. The van der Waals surface area contributed by atoms with Crippen LogP contribution >= 0.6 is 0 Å². The molecule has 32 heavy (non-hydrogen) atoms. The summed E-state index contributed by atoms with van der Waals surface area (Å²) in [4.78, 5) is 24.0. The quantitative estimate of drug-likeness (QED) is 0.752. The SMILES string of the molecule is Cc1cn2nc(C3=C\C(=O)N4C=C(N5CCC(N(C)C)CC5)C=C\C4=C/C=C/3)cc2cn1.